The molecule has 0 bridgehead atoms. The number of rotatable bonds is 8. The zero-order chi connectivity index (χ0) is 21.3. The molecule has 7 nitrogen and oxygen atoms in total. The second kappa shape index (κ2) is 10.1. The summed E-state index contributed by atoms with van der Waals surface area (Å²) >= 11 is 0. The first-order valence-corrected chi connectivity index (χ1v) is 9.84. The van der Waals surface area contributed by atoms with Crippen LogP contribution >= 0.6 is 0 Å². The molecular weight excluding hydrogens is 376 g/mol. The Kier molecular flexibility index (Phi) is 7.09. The molecule has 3 aromatic rings. The Hall–Kier alpha value is -3.76. The largest absolute Gasteiger partial charge is 0.300 e. The molecule has 0 saturated heterocycles. The van der Waals surface area contributed by atoms with Crippen LogP contribution in [0.1, 0.15) is 30.5 Å². The Balaban J connectivity index is 1.79. The molecule has 0 aliphatic carbocycles. The lowest BCUT2D eigenvalue weighted by Crippen LogP contribution is -2.22. The number of nitrogens with one attached hydrogen (secondary N) is 2. The van der Waals surface area contributed by atoms with Gasteiger partial charge in [-0.2, -0.15) is 10.4 Å². The molecule has 0 saturated carbocycles. The van der Waals surface area contributed by atoms with Crippen molar-refractivity contribution in [1.29, 1.82) is 5.26 Å². The maximum absolute atomic E-state index is 12.3. The number of hydrogen-bond donors (Lipinski definition) is 2. The summed E-state index contributed by atoms with van der Waals surface area (Å²) in [4.78, 5) is 21.6. The van der Waals surface area contributed by atoms with E-state index in [9.17, 15) is 10.1 Å². The van der Waals surface area contributed by atoms with Crippen LogP contribution in [0.3, 0.4) is 0 Å². The van der Waals surface area contributed by atoms with Crippen molar-refractivity contribution in [1.82, 2.24) is 14.9 Å². The molecule has 0 aliphatic heterocycles. The molecule has 0 spiro atoms. The molecule has 0 atom stereocenters. The molecular formula is C23H24N6O. The summed E-state index contributed by atoms with van der Waals surface area (Å²) in [5, 5.41) is 13.5. The topological polar surface area (TPSA) is 97.2 Å². The minimum atomic E-state index is -0.509. The first-order valence-electron chi connectivity index (χ1n) is 9.84. The molecule has 0 fully saturated rings. The van der Waals surface area contributed by atoms with Crippen molar-refractivity contribution < 1.29 is 0 Å². The third-order valence-electron chi connectivity index (χ3n) is 4.71. The van der Waals surface area contributed by atoms with Crippen molar-refractivity contribution in [3.8, 4) is 17.3 Å². The summed E-state index contributed by atoms with van der Waals surface area (Å²) in [6, 6.07) is 19.2. The van der Waals surface area contributed by atoms with Gasteiger partial charge in [0.1, 0.15) is 11.6 Å². The Bertz CT molecular complexity index is 1110. The summed E-state index contributed by atoms with van der Waals surface area (Å²) in [6.45, 7) is 7.17. The van der Waals surface area contributed by atoms with E-state index in [1.54, 1.807) is 18.3 Å². The zero-order valence-electron chi connectivity index (χ0n) is 17.1. The minimum Gasteiger partial charge on any atom is -0.300 e. The highest BCUT2D eigenvalue weighted by molar-refractivity contribution is 5.80. The number of hydrogen-bond acceptors (Lipinski definition) is 6. The van der Waals surface area contributed by atoms with Gasteiger partial charge in [0.05, 0.1) is 11.9 Å². The fourth-order valence-corrected chi connectivity index (χ4v) is 3.08. The third kappa shape index (κ3) is 5.19. The van der Waals surface area contributed by atoms with Gasteiger partial charge in [-0.15, -0.1) is 0 Å². The molecule has 2 N–H and O–H groups in total. The second-order valence-electron chi connectivity index (χ2n) is 6.69. The Morgan fingerprint density at radius 1 is 1.17 bits per heavy atom. The van der Waals surface area contributed by atoms with E-state index in [1.807, 2.05) is 36.4 Å². The molecule has 3 rings (SSSR count). The molecule has 1 aromatic heterocycles. The molecule has 0 amide bonds. The van der Waals surface area contributed by atoms with E-state index in [2.05, 4.69) is 51.4 Å². The van der Waals surface area contributed by atoms with E-state index in [-0.39, 0.29) is 11.5 Å². The van der Waals surface area contributed by atoms with Crippen LogP contribution in [0.2, 0.25) is 0 Å². The summed E-state index contributed by atoms with van der Waals surface area (Å²) in [7, 11) is 0. The second-order valence-corrected chi connectivity index (χ2v) is 6.69. The van der Waals surface area contributed by atoms with Crippen LogP contribution in [0, 0.1) is 11.3 Å². The van der Waals surface area contributed by atoms with Crippen LogP contribution in [0.5, 0.6) is 0 Å². The lowest BCUT2D eigenvalue weighted by atomic mass is 10.1. The van der Waals surface area contributed by atoms with Crippen molar-refractivity contribution in [2.45, 2.75) is 20.4 Å². The predicted octanol–water partition coefficient (Wildman–Crippen LogP) is 3.60. The maximum Gasteiger partial charge on any atom is 0.270 e. The number of nitriles is 1. The molecule has 0 unspecified atom stereocenters. The highest BCUT2D eigenvalue weighted by Crippen LogP contribution is 2.19. The summed E-state index contributed by atoms with van der Waals surface area (Å²) in [5.74, 6) is 0.174. The van der Waals surface area contributed by atoms with Crippen molar-refractivity contribution in [2.75, 3.05) is 18.5 Å². The van der Waals surface area contributed by atoms with Gasteiger partial charge in [-0.3, -0.25) is 14.7 Å². The van der Waals surface area contributed by atoms with Crippen LogP contribution in [0.15, 0.2) is 64.5 Å². The molecule has 0 radical (unpaired) electrons. The first kappa shape index (κ1) is 21.0. The van der Waals surface area contributed by atoms with E-state index in [4.69, 9.17) is 0 Å². The minimum absolute atomic E-state index is 0.0279. The average Bonchev–Trinajstić information content (AvgIpc) is 2.78. The number of anilines is 1. The first-order chi connectivity index (χ1) is 14.6. The van der Waals surface area contributed by atoms with Gasteiger partial charge in [-0.25, -0.2) is 10.4 Å². The fraction of sp³-hybridized carbons (Fsp3) is 0.217. The number of H-pyrrole nitrogens is 1. The highest BCUT2D eigenvalue weighted by Gasteiger charge is 2.12. The Labute approximate surface area is 175 Å². The van der Waals surface area contributed by atoms with E-state index in [1.165, 1.54) is 5.56 Å². The lowest BCUT2D eigenvalue weighted by molar-refractivity contribution is 0.296. The predicted molar refractivity (Wildman–Crippen MR) is 119 cm³/mol. The number of hydrazone groups is 1. The van der Waals surface area contributed by atoms with Crippen molar-refractivity contribution in [2.24, 2.45) is 5.10 Å². The zero-order valence-corrected chi connectivity index (χ0v) is 17.1. The monoisotopic (exact) mass is 400 g/mol. The van der Waals surface area contributed by atoms with Gasteiger partial charge in [0.25, 0.3) is 5.56 Å². The van der Waals surface area contributed by atoms with E-state index in [0.717, 1.165) is 25.2 Å². The van der Waals surface area contributed by atoms with Crippen molar-refractivity contribution >= 4 is 12.2 Å². The van der Waals surface area contributed by atoms with Crippen LogP contribution < -0.4 is 11.0 Å². The fourth-order valence-electron chi connectivity index (χ4n) is 3.08. The van der Waals surface area contributed by atoms with E-state index < -0.39 is 5.56 Å². The SMILES string of the molecule is CCN(CC)Cc1cccc(C=NNc2nc(-c3ccccc3)c(C#N)c(=O)[nH]2)c1. The van der Waals surface area contributed by atoms with Crippen LogP contribution in [0.25, 0.3) is 11.3 Å². The molecule has 7 heteroatoms. The van der Waals surface area contributed by atoms with E-state index >= 15 is 0 Å². The van der Waals surface area contributed by atoms with Gasteiger partial charge in [0.2, 0.25) is 5.95 Å². The molecule has 0 aliphatic rings. The van der Waals surface area contributed by atoms with Crippen LogP contribution in [0.4, 0.5) is 5.95 Å². The summed E-state index contributed by atoms with van der Waals surface area (Å²) in [6.07, 6.45) is 1.67. The average molecular weight is 400 g/mol. The molecule has 2 aromatic carbocycles. The highest BCUT2D eigenvalue weighted by atomic mass is 16.1. The van der Waals surface area contributed by atoms with Gasteiger partial charge in [-0.05, 0) is 30.3 Å². The molecule has 1 heterocycles. The van der Waals surface area contributed by atoms with Crippen molar-refractivity contribution in [3.05, 3.63) is 81.6 Å². The number of aromatic nitrogens is 2. The Morgan fingerprint density at radius 2 is 1.93 bits per heavy atom. The van der Waals surface area contributed by atoms with Crippen LogP contribution in [-0.2, 0) is 6.54 Å². The smallest absolute Gasteiger partial charge is 0.270 e. The quantitative estimate of drug-likeness (QED) is 0.445. The molecule has 30 heavy (non-hydrogen) atoms. The third-order valence-corrected chi connectivity index (χ3v) is 4.71. The maximum atomic E-state index is 12.3. The number of benzene rings is 2. The van der Waals surface area contributed by atoms with Gasteiger partial charge < -0.3 is 0 Å². The molecule has 152 valence electrons. The lowest BCUT2D eigenvalue weighted by Gasteiger charge is -2.18. The van der Waals surface area contributed by atoms with Gasteiger partial charge in [0, 0.05) is 12.1 Å². The number of aromatic amines is 1. The summed E-state index contributed by atoms with van der Waals surface area (Å²) < 4.78 is 0. The van der Waals surface area contributed by atoms with Crippen molar-refractivity contribution in [3.63, 3.8) is 0 Å². The van der Waals surface area contributed by atoms with Gasteiger partial charge in [-0.1, -0.05) is 62.4 Å². The number of nitrogens with zero attached hydrogens (tertiary/aromatic N) is 4. The van der Waals surface area contributed by atoms with Gasteiger partial charge >= 0.3 is 0 Å². The van der Waals surface area contributed by atoms with Crippen LogP contribution in [-0.4, -0.2) is 34.2 Å². The normalized spacial score (nSPS) is 11.0. The standard InChI is InChI=1S/C23H24N6O/c1-3-29(4-2)16-18-10-8-9-17(13-18)15-25-28-23-26-21(19-11-6-5-7-12-19)20(14-24)22(30)27-23/h5-13,15H,3-4,16H2,1-2H3,(H2,26,27,28,30). The van der Waals surface area contributed by atoms with E-state index in [0.29, 0.717) is 11.3 Å². The van der Waals surface area contributed by atoms with Gasteiger partial charge in [0.15, 0.2) is 0 Å². The Morgan fingerprint density at radius 3 is 2.63 bits per heavy atom. The summed E-state index contributed by atoms with van der Waals surface area (Å²) in [5.41, 5.74) is 5.38.